The van der Waals surface area contributed by atoms with Crippen molar-refractivity contribution in [1.82, 2.24) is 0 Å². The quantitative estimate of drug-likeness (QED) is 0.298. The molecule has 0 saturated heterocycles. The zero-order chi connectivity index (χ0) is 21.0. The van der Waals surface area contributed by atoms with Gasteiger partial charge in [-0.2, -0.15) is 48.3 Å². The third-order valence-corrected chi connectivity index (χ3v) is 2.85. The Morgan fingerprint density at radius 1 is 0.769 bits per heavy atom. The van der Waals surface area contributed by atoms with E-state index in [9.17, 15) is 53.1 Å². The van der Waals surface area contributed by atoms with Gasteiger partial charge in [0.2, 0.25) is 0 Å². The van der Waals surface area contributed by atoms with Crippen LogP contribution in [-0.2, 0) is 14.3 Å². The summed E-state index contributed by atoms with van der Waals surface area (Å²) < 4.78 is 144. The lowest BCUT2D eigenvalue weighted by molar-refractivity contribution is -0.475. The first kappa shape index (κ1) is 24.7. The topological polar surface area (TPSA) is 35.5 Å². The van der Waals surface area contributed by atoms with Crippen molar-refractivity contribution in [1.29, 1.82) is 0 Å². The molecule has 26 heavy (non-hydrogen) atoms. The number of ether oxygens (including phenoxy) is 2. The molecular formula is C12H13F11O3. The number of carbonyl (C=O) groups excluding carboxylic acids is 1. The fourth-order valence-corrected chi connectivity index (χ4v) is 1.41. The van der Waals surface area contributed by atoms with Crippen molar-refractivity contribution >= 4 is 5.97 Å². The lowest BCUT2D eigenvalue weighted by Gasteiger charge is -2.33. The van der Waals surface area contributed by atoms with Crippen LogP contribution in [0.2, 0.25) is 0 Å². The molecule has 0 N–H and O–H groups in total. The van der Waals surface area contributed by atoms with Crippen LogP contribution in [0.25, 0.3) is 0 Å². The molecule has 0 aromatic rings. The van der Waals surface area contributed by atoms with E-state index in [2.05, 4.69) is 9.47 Å². The fourth-order valence-electron chi connectivity index (χ4n) is 1.41. The predicted molar refractivity (Wildman–Crippen MR) is 62.0 cm³/mol. The van der Waals surface area contributed by atoms with Gasteiger partial charge in [0.1, 0.15) is 0 Å². The highest BCUT2D eigenvalue weighted by Gasteiger charge is 2.80. The van der Waals surface area contributed by atoms with E-state index in [0.717, 1.165) is 0 Å². The Hall–Kier alpha value is -1.34. The maximum atomic E-state index is 13.7. The second-order valence-electron chi connectivity index (χ2n) is 4.98. The highest BCUT2D eigenvalue weighted by molar-refractivity contribution is 5.78. The molecule has 0 aliphatic heterocycles. The summed E-state index contributed by atoms with van der Waals surface area (Å²) in [5.41, 5.74) is 0. The van der Waals surface area contributed by atoms with Crippen LogP contribution >= 0.6 is 0 Å². The molecule has 14 heteroatoms. The van der Waals surface area contributed by atoms with Gasteiger partial charge in [-0.25, -0.2) is 4.79 Å². The number of alkyl halides is 11. The molecule has 0 saturated carbocycles. The summed E-state index contributed by atoms with van der Waals surface area (Å²) in [7, 11) is 0. The van der Waals surface area contributed by atoms with Gasteiger partial charge in [0, 0.05) is 0 Å². The van der Waals surface area contributed by atoms with Crippen LogP contribution in [0, 0.1) is 0 Å². The highest BCUT2D eigenvalue weighted by Crippen LogP contribution is 2.51. The molecule has 1 atom stereocenters. The van der Waals surface area contributed by atoms with Gasteiger partial charge in [0.25, 0.3) is 0 Å². The Morgan fingerprint density at radius 3 is 1.65 bits per heavy atom. The van der Waals surface area contributed by atoms with Gasteiger partial charge in [0.15, 0.2) is 0 Å². The SMILES string of the molecule is CCCCCCOC(=O)C(F)(OC(F)(F)C(F)(F)C(F)(F)F)C(F)(F)F. The van der Waals surface area contributed by atoms with Gasteiger partial charge >= 0.3 is 36.2 Å². The van der Waals surface area contributed by atoms with Crippen molar-refractivity contribution in [2.24, 2.45) is 0 Å². The molecule has 0 aliphatic rings. The van der Waals surface area contributed by atoms with Gasteiger partial charge in [-0.1, -0.05) is 26.2 Å². The van der Waals surface area contributed by atoms with Gasteiger partial charge in [-0.15, -0.1) is 0 Å². The van der Waals surface area contributed by atoms with Crippen LogP contribution in [0.3, 0.4) is 0 Å². The Kier molecular flexibility index (Phi) is 7.71. The second-order valence-corrected chi connectivity index (χ2v) is 4.98. The molecule has 0 bridgehead atoms. The van der Waals surface area contributed by atoms with E-state index in [4.69, 9.17) is 0 Å². The minimum absolute atomic E-state index is 0.136. The summed E-state index contributed by atoms with van der Waals surface area (Å²) in [6, 6.07) is 0. The van der Waals surface area contributed by atoms with Crippen molar-refractivity contribution in [2.75, 3.05) is 6.61 Å². The third kappa shape index (κ3) is 5.33. The van der Waals surface area contributed by atoms with Crippen LogP contribution in [0.1, 0.15) is 32.6 Å². The Labute approximate surface area is 139 Å². The molecular weight excluding hydrogens is 401 g/mol. The summed E-state index contributed by atoms with van der Waals surface area (Å²) in [5, 5.41) is 0. The maximum absolute atomic E-state index is 13.7. The first-order valence-electron chi connectivity index (χ1n) is 6.89. The van der Waals surface area contributed by atoms with Gasteiger partial charge in [-0.3, -0.25) is 4.74 Å². The normalized spacial score (nSPS) is 16.3. The average molecular weight is 414 g/mol. The van der Waals surface area contributed by atoms with Crippen molar-refractivity contribution in [3.63, 3.8) is 0 Å². The van der Waals surface area contributed by atoms with Crippen molar-refractivity contribution in [3.8, 4) is 0 Å². The van der Waals surface area contributed by atoms with Crippen molar-refractivity contribution in [3.05, 3.63) is 0 Å². The predicted octanol–water partition coefficient (Wildman–Crippen LogP) is 5.15. The summed E-state index contributed by atoms with van der Waals surface area (Å²) in [4.78, 5) is 11.1. The first-order valence-corrected chi connectivity index (χ1v) is 6.89. The van der Waals surface area contributed by atoms with Crippen molar-refractivity contribution < 1.29 is 62.6 Å². The molecule has 0 amide bonds. The lowest BCUT2D eigenvalue weighted by atomic mass is 10.2. The molecule has 156 valence electrons. The first-order chi connectivity index (χ1) is 11.4. The van der Waals surface area contributed by atoms with Crippen LogP contribution in [0.15, 0.2) is 0 Å². The Balaban J connectivity index is 5.47. The van der Waals surface area contributed by atoms with Gasteiger partial charge in [-0.05, 0) is 6.42 Å². The van der Waals surface area contributed by atoms with E-state index in [-0.39, 0.29) is 12.8 Å². The lowest BCUT2D eigenvalue weighted by Crippen LogP contribution is -2.61. The standard InChI is InChI=1S/C12H13F11O3/c1-2-3-4-5-6-25-7(24)8(13,10(16,17)18)26-12(22,23)9(14,15)11(19,20)21/h2-6H2,1H3. The van der Waals surface area contributed by atoms with E-state index in [1.165, 1.54) is 0 Å². The second kappa shape index (κ2) is 8.13. The Bertz CT molecular complexity index is 472. The number of esters is 1. The fraction of sp³-hybridized carbons (Fsp3) is 0.917. The maximum Gasteiger partial charge on any atom is 0.462 e. The van der Waals surface area contributed by atoms with Crippen LogP contribution < -0.4 is 0 Å². The Morgan fingerprint density at radius 2 is 1.27 bits per heavy atom. The number of rotatable bonds is 9. The molecule has 1 unspecified atom stereocenters. The van der Waals surface area contributed by atoms with Crippen LogP contribution in [0.5, 0.6) is 0 Å². The number of hydrogen-bond acceptors (Lipinski definition) is 3. The zero-order valence-corrected chi connectivity index (χ0v) is 12.9. The summed E-state index contributed by atoms with van der Waals surface area (Å²) in [6.07, 6.45) is -19.6. The summed E-state index contributed by atoms with van der Waals surface area (Å²) in [5.74, 6) is -16.7. The highest BCUT2D eigenvalue weighted by atomic mass is 19.4. The molecule has 3 nitrogen and oxygen atoms in total. The molecule has 0 rings (SSSR count). The van der Waals surface area contributed by atoms with Crippen LogP contribution in [-0.4, -0.2) is 42.8 Å². The van der Waals surface area contributed by atoms with E-state index in [1.807, 2.05) is 0 Å². The van der Waals surface area contributed by atoms with E-state index in [0.29, 0.717) is 12.8 Å². The molecule has 0 spiro atoms. The molecule has 0 aromatic heterocycles. The minimum Gasteiger partial charge on any atom is -0.461 e. The molecule has 0 aliphatic carbocycles. The van der Waals surface area contributed by atoms with E-state index < -0.39 is 42.8 Å². The molecule has 0 radical (unpaired) electrons. The smallest absolute Gasteiger partial charge is 0.461 e. The number of carbonyl (C=O) groups is 1. The van der Waals surface area contributed by atoms with Crippen molar-refractivity contribution in [2.45, 2.75) is 62.8 Å². The van der Waals surface area contributed by atoms with Crippen LogP contribution in [0.4, 0.5) is 48.3 Å². The third-order valence-electron chi connectivity index (χ3n) is 2.85. The van der Waals surface area contributed by atoms with Gasteiger partial charge < -0.3 is 4.74 Å². The summed E-state index contributed by atoms with van der Waals surface area (Å²) >= 11 is 0. The van der Waals surface area contributed by atoms with Gasteiger partial charge in [0.05, 0.1) is 6.61 Å². The number of hydrogen-bond donors (Lipinski definition) is 0. The molecule has 0 aromatic carbocycles. The minimum atomic E-state index is -7.22. The molecule has 0 fully saturated rings. The van der Waals surface area contributed by atoms with E-state index in [1.54, 1.807) is 6.92 Å². The average Bonchev–Trinajstić information content (AvgIpc) is 2.43. The largest absolute Gasteiger partial charge is 0.462 e. The number of halogens is 11. The monoisotopic (exact) mass is 414 g/mol. The zero-order valence-electron chi connectivity index (χ0n) is 12.9. The number of unbranched alkanes of at least 4 members (excludes halogenated alkanes) is 3. The summed E-state index contributed by atoms with van der Waals surface area (Å²) in [6.45, 7) is 0.796. The van der Waals surface area contributed by atoms with E-state index >= 15 is 0 Å². The molecule has 0 heterocycles.